The highest BCUT2D eigenvalue weighted by atomic mass is 19.1. The van der Waals surface area contributed by atoms with E-state index in [0.717, 1.165) is 24.3 Å². The lowest BCUT2D eigenvalue weighted by Gasteiger charge is -2.28. The van der Waals surface area contributed by atoms with Gasteiger partial charge in [-0.25, -0.2) is 9.18 Å². The van der Waals surface area contributed by atoms with Crippen LogP contribution in [-0.4, -0.2) is 12.6 Å². The largest absolute Gasteiger partial charge is 0.494 e. The van der Waals surface area contributed by atoms with Crippen molar-refractivity contribution in [3.05, 3.63) is 59.4 Å². The lowest BCUT2D eigenvalue weighted by atomic mass is 9.78. The Bertz CT molecular complexity index is 974. The van der Waals surface area contributed by atoms with Crippen molar-refractivity contribution in [2.45, 2.75) is 90.4 Å². The topological polar surface area (TPSA) is 59.3 Å². The average molecular weight is 494 g/mol. The Morgan fingerprint density at radius 3 is 2.19 bits per heavy atom. The van der Waals surface area contributed by atoms with Gasteiger partial charge in [-0.2, -0.15) is 5.26 Å². The number of rotatable bonds is 14. The quantitative estimate of drug-likeness (QED) is 0.150. The Morgan fingerprint density at radius 2 is 1.56 bits per heavy atom. The third-order valence-corrected chi connectivity index (χ3v) is 7.31. The lowest BCUT2D eigenvalue weighted by Crippen LogP contribution is -2.15. The first-order valence-corrected chi connectivity index (χ1v) is 13.7. The van der Waals surface area contributed by atoms with E-state index < -0.39 is 11.8 Å². The molecule has 0 aliphatic heterocycles. The summed E-state index contributed by atoms with van der Waals surface area (Å²) in [6.45, 7) is 2.94. The number of esters is 1. The summed E-state index contributed by atoms with van der Waals surface area (Å²) < 4.78 is 24.9. The van der Waals surface area contributed by atoms with Gasteiger partial charge in [0.25, 0.3) is 0 Å². The average Bonchev–Trinajstić information content (AvgIpc) is 2.91. The number of benzene rings is 2. The summed E-state index contributed by atoms with van der Waals surface area (Å²) in [5.74, 6) is 0.886. The Hall–Kier alpha value is -2.87. The molecule has 2 aromatic carbocycles. The standard InChI is InChI=1S/C31H40FNO3/c1-2-3-4-5-6-7-9-24-11-13-25(14-12-24)10-8-21-35-28-18-16-27(17-19-28)31(34)36-30-20-15-26(23-33)22-29(30)32/h15-20,22,24-25H,2-14,21H2,1H3. The number of hydrogen-bond donors (Lipinski definition) is 0. The molecule has 0 N–H and O–H groups in total. The Balaban J connectivity index is 1.29. The fraction of sp³-hybridized carbons (Fsp3) is 0.548. The highest BCUT2D eigenvalue weighted by Crippen LogP contribution is 2.34. The molecule has 0 amide bonds. The Labute approximate surface area is 215 Å². The zero-order valence-electron chi connectivity index (χ0n) is 21.6. The van der Waals surface area contributed by atoms with E-state index in [1.165, 1.54) is 89.2 Å². The van der Waals surface area contributed by atoms with Crippen molar-refractivity contribution in [3.63, 3.8) is 0 Å². The normalized spacial score (nSPS) is 17.4. The van der Waals surface area contributed by atoms with E-state index in [4.69, 9.17) is 14.7 Å². The van der Waals surface area contributed by atoms with Gasteiger partial charge in [-0.1, -0.05) is 77.6 Å². The van der Waals surface area contributed by atoms with Crippen LogP contribution in [0.25, 0.3) is 0 Å². The minimum atomic E-state index is -0.742. The number of hydrogen-bond acceptors (Lipinski definition) is 4. The van der Waals surface area contributed by atoms with Crippen LogP contribution in [0.4, 0.5) is 4.39 Å². The molecule has 3 rings (SSSR count). The highest BCUT2D eigenvalue weighted by molar-refractivity contribution is 5.91. The van der Waals surface area contributed by atoms with Gasteiger partial charge in [0.2, 0.25) is 0 Å². The molecule has 1 aliphatic carbocycles. The van der Waals surface area contributed by atoms with Gasteiger partial charge in [0.05, 0.1) is 23.8 Å². The lowest BCUT2D eigenvalue weighted by molar-refractivity contribution is 0.0728. The summed E-state index contributed by atoms with van der Waals surface area (Å²) in [6, 6.07) is 12.3. The number of carbonyl (C=O) groups excluding carboxylic acids is 1. The van der Waals surface area contributed by atoms with Crippen molar-refractivity contribution in [1.82, 2.24) is 0 Å². The molecule has 0 unspecified atom stereocenters. The van der Waals surface area contributed by atoms with Crippen LogP contribution in [0.3, 0.4) is 0 Å². The monoisotopic (exact) mass is 493 g/mol. The minimum absolute atomic E-state index is 0.171. The van der Waals surface area contributed by atoms with E-state index in [1.807, 2.05) is 6.07 Å². The molecule has 0 bridgehead atoms. The summed E-state index contributed by atoms with van der Waals surface area (Å²) in [4.78, 5) is 12.3. The maximum absolute atomic E-state index is 14.0. The number of carbonyl (C=O) groups is 1. The smallest absolute Gasteiger partial charge is 0.343 e. The summed E-state index contributed by atoms with van der Waals surface area (Å²) in [5, 5.41) is 8.81. The van der Waals surface area contributed by atoms with Gasteiger partial charge >= 0.3 is 5.97 Å². The summed E-state index contributed by atoms with van der Waals surface area (Å²) in [5.41, 5.74) is 0.480. The van der Waals surface area contributed by atoms with Gasteiger partial charge in [0.15, 0.2) is 11.6 Å². The highest BCUT2D eigenvalue weighted by Gasteiger charge is 2.20. The van der Waals surface area contributed by atoms with Gasteiger partial charge in [0, 0.05) is 0 Å². The van der Waals surface area contributed by atoms with Crippen molar-refractivity contribution >= 4 is 5.97 Å². The van der Waals surface area contributed by atoms with Crippen LogP contribution in [0.5, 0.6) is 11.5 Å². The maximum Gasteiger partial charge on any atom is 0.343 e. The van der Waals surface area contributed by atoms with E-state index in [0.29, 0.717) is 17.9 Å². The first kappa shape index (κ1) is 27.7. The first-order valence-electron chi connectivity index (χ1n) is 13.7. The molecule has 1 fully saturated rings. The van der Waals surface area contributed by atoms with Crippen LogP contribution in [0.15, 0.2) is 42.5 Å². The fourth-order valence-electron chi connectivity index (χ4n) is 5.08. The first-order chi connectivity index (χ1) is 17.6. The molecular formula is C31H40FNO3. The summed E-state index contributed by atoms with van der Waals surface area (Å²) in [6.07, 6.45) is 17.5. The van der Waals surface area contributed by atoms with Crippen LogP contribution >= 0.6 is 0 Å². The predicted octanol–water partition coefficient (Wildman–Crippen LogP) is 8.63. The van der Waals surface area contributed by atoms with E-state index >= 15 is 0 Å². The van der Waals surface area contributed by atoms with Crippen LogP contribution in [-0.2, 0) is 0 Å². The van der Waals surface area contributed by atoms with Gasteiger partial charge in [-0.3, -0.25) is 0 Å². The van der Waals surface area contributed by atoms with Crippen molar-refractivity contribution in [2.24, 2.45) is 11.8 Å². The molecule has 1 aliphatic rings. The molecule has 2 aromatic rings. The molecule has 0 saturated heterocycles. The number of ether oxygens (including phenoxy) is 2. The molecule has 36 heavy (non-hydrogen) atoms. The van der Waals surface area contributed by atoms with E-state index in [9.17, 15) is 9.18 Å². The second-order valence-electron chi connectivity index (χ2n) is 10.1. The van der Waals surface area contributed by atoms with Crippen molar-refractivity contribution < 1.29 is 18.7 Å². The SMILES string of the molecule is CCCCCCCCC1CCC(CCCOc2ccc(C(=O)Oc3ccc(C#N)cc3F)cc2)CC1. The van der Waals surface area contributed by atoms with Crippen LogP contribution < -0.4 is 9.47 Å². The van der Waals surface area contributed by atoms with Gasteiger partial charge in [0.1, 0.15) is 5.75 Å². The second kappa shape index (κ2) is 15.3. The van der Waals surface area contributed by atoms with Gasteiger partial charge in [-0.15, -0.1) is 0 Å². The van der Waals surface area contributed by atoms with E-state index in [-0.39, 0.29) is 11.3 Å². The van der Waals surface area contributed by atoms with Crippen molar-refractivity contribution in [2.75, 3.05) is 6.61 Å². The van der Waals surface area contributed by atoms with E-state index in [1.54, 1.807) is 24.3 Å². The van der Waals surface area contributed by atoms with Crippen LogP contribution in [0, 0.1) is 29.0 Å². The molecule has 0 heterocycles. The second-order valence-corrected chi connectivity index (χ2v) is 10.1. The van der Waals surface area contributed by atoms with Gasteiger partial charge in [-0.05, 0) is 67.1 Å². The number of halogens is 1. The zero-order valence-corrected chi connectivity index (χ0v) is 21.6. The van der Waals surface area contributed by atoms with Crippen molar-refractivity contribution in [3.8, 4) is 17.6 Å². The molecule has 5 heteroatoms. The summed E-state index contributed by atoms with van der Waals surface area (Å²) in [7, 11) is 0. The molecular weight excluding hydrogens is 453 g/mol. The van der Waals surface area contributed by atoms with Crippen LogP contribution in [0.2, 0.25) is 0 Å². The van der Waals surface area contributed by atoms with Crippen LogP contribution in [0.1, 0.15) is 106 Å². The van der Waals surface area contributed by atoms with Gasteiger partial charge < -0.3 is 9.47 Å². The maximum atomic E-state index is 14.0. The minimum Gasteiger partial charge on any atom is -0.494 e. The van der Waals surface area contributed by atoms with E-state index in [2.05, 4.69) is 6.92 Å². The molecule has 0 atom stereocenters. The zero-order chi connectivity index (χ0) is 25.6. The molecule has 4 nitrogen and oxygen atoms in total. The Morgan fingerprint density at radius 1 is 0.917 bits per heavy atom. The third kappa shape index (κ3) is 9.30. The molecule has 0 radical (unpaired) electrons. The predicted molar refractivity (Wildman–Crippen MR) is 141 cm³/mol. The fourth-order valence-corrected chi connectivity index (χ4v) is 5.08. The molecule has 0 spiro atoms. The summed E-state index contributed by atoms with van der Waals surface area (Å²) >= 11 is 0. The molecule has 194 valence electrons. The van der Waals surface area contributed by atoms with Crippen molar-refractivity contribution in [1.29, 1.82) is 5.26 Å². The number of unbranched alkanes of at least 4 members (excludes halogenated alkanes) is 5. The third-order valence-electron chi connectivity index (χ3n) is 7.31. The Kier molecular flexibility index (Phi) is 11.8. The number of nitrogens with zero attached hydrogens (tertiary/aromatic N) is 1. The molecule has 0 aromatic heterocycles. The molecule has 1 saturated carbocycles. The number of nitriles is 1.